The van der Waals surface area contributed by atoms with E-state index in [1.54, 1.807) is 18.6 Å². The van der Waals surface area contributed by atoms with Crippen molar-refractivity contribution in [1.82, 2.24) is 0 Å². The van der Waals surface area contributed by atoms with Crippen LogP contribution in [-0.4, -0.2) is 5.78 Å². The molecule has 0 aromatic heterocycles. The first-order chi connectivity index (χ1) is 9.53. The van der Waals surface area contributed by atoms with E-state index in [2.05, 4.69) is 39.0 Å². The lowest BCUT2D eigenvalue weighted by Gasteiger charge is -2.11. The lowest BCUT2D eigenvalue weighted by atomic mass is 9.95. The van der Waals surface area contributed by atoms with Crippen molar-refractivity contribution in [3.8, 4) is 0 Å². The van der Waals surface area contributed by atoms with Gasteiger partial charge in [-0.25, -0.2) is 0 Å². The van der Waals surface area contributed by atoms with E-state index >= 15 is 0 Å². The van der Waals surface area contributed by atoms with Crippen LogP contribution in [0.4, 0.5) is 0 Å². The van der Waals surface area contributed by atoms with Crippen molar-refractivity contribution < 1.29 is 4.79 Å². The molecule has 0 radical (unpaired) electrons. The van der Waals surface area contributed by atoms with Gasteiger partial charge in [0.1, 0.15) is 0 Å². The fourth-order valence-corrected chi connectivity index (χ4v) is 2.37. The molecule has 0 heterocycles. The van der Waals surface area contributed by atoms with Crippen molar-refractivity contribution in [3.63, 3.8) is 0 Å². The molecule has 0 aliphatic carbocycles. The van der Waals surface area contributed by atoms with Crippen LogP contribution >= 0.6 is 0 Å². The minimum absolute atomic E-state index is 0.121. The molecule has 1 unspecified atom stereocenters. The molecule has 114 valence electrons. The third-order valence-electron chi connectivity index (χ3n) is 3.77. The van der Waals surface area contributed by atoms with Crippen LogP contribution in [0.25, 0.3) is 0 Å². The molecule has 0 amide bonds. The highest BCUT2D eigenvalue weighted by atomic mass is 16.1. The summed E-state index contributed by atoms with van der Waals surface area (Å²) in [6.07, 6.45) is 15.6. The van der Waals surface area contributed by atoms with Crippen molar-refractivity contribution in [2.24, 2.45) is 5.92 Å². The van der Waals surface area contributed by atoms with Gasteiger partial charge >= 0.3 is 0 Å². The molecule has 1 nitrogen and oxygen atoms in total. The van der Waals surface area contributed by atoms with Crippen LogP contribution in [0, 0.1) is 5.92 Å². The minimum atomic E-state index is 0.121. The molecule has 0 rings (SSSR count). The molecule has 0 spiro atoms. The Labute approximate surface area is 125 Å². The van der Waals surface area contributed by atoms with Gasteiger partial charge in [0.2, 0.25) is 0 Å². The second-order valence-electron chi connectivity index (χ2n) is 5.56. The second kappa shape index (κ2) is 11.7. The maximum absolute atomic E-state index is 11.0. The Hall–Kier alpha value is -1.11. The van der Waals surface area contributed by atoms with Gasteiger partial charge in [-0.1, -0.05) is 51.0 Å². The largest absolute Gasteiger partial charge is 0.295 e. The summed E-state index contributed by atoms with van der Waals surface area (Å²) in [5, 5.41) is 0. The average Bonchev–Trinajstić information content (AvgIpc) is 2.40. The highest BCUT2D eigenvalue weighted by Gasteiger charge is 2.03. The van der Waals surface area contributed by atoms with E-state index in [4.69, 9.17) is 0 Å². The second-order valence-corrected chi connectivity index (χ2v) is 5.56. The van der Waals surface area contributed by atoms with Gasteiger partial charge in [-0.15, -0.1) is 0 Å². The molecule has 0 fully saturated rings. The van der Waals surface area contributed by atoms with Crippen molar-refractivity contribution in [3.05, 3.63) is 35.5 Å². The van der Waals surface area contributed by atoms with Crippen molar-refractivity contribution in [2.45, 2.75) is 73.1 Å². The van der Waals surface area contributed by atoms with Gasteiger partial charge in [-0.05, 0) is 63.5 Å². The third-order valence-corrected chi connectivity index (χ3v) is 3.77. The predicted molar refractivity (Wildman–Crippen MR) is 89.9 cm³/mol. The predicted octanol–water partition coefficient (Wildman–Crippen LogP) is 6.02. The van der Waals surface area contributed by atoms with E-state index < -0.39 is 0 Å². The molecule has 0 saturated carbocycles. The smallest absolute Gasteiger partial charge is 0.152 e. The summed E-state index contributed by atoms with van der Waals surface area (Å²) in [6.45, 7) is 10.3. The third kappa shape index (κ3) is 9.77. The number of hydrogen-bond acceptors (Lipinski definition) is 1. The van der Waals surface area contributed by atoms with E-state index in [-0.39, 0.29) is 5.78 Å². The number of ketones is 1. The van der Waals surface area contributed by atoms with Crippen molar-refractivity contribution >= 4 is 5.78 Å². The van der Waals surface area contributed by atoms with E-state index in [1.165, 1.54) is 32.1 Å². The SMILES string of the molecule is CCC(=CCCC(CC)CC=CC(C)=CC(C)=O)CC. The van der Waals surface area contributed by atoms with Crippen molar-refractivity contribution in [2.75, 3.05) is 0 Å². The lowest BCUT2D eigenvalue weighted by Crippen LogP contribution is -1.96. The van der Waals surface area contributed by atoms with Crippen molar-refractivity contribution in [1.29, 1.82) is 0 Å². The van der Waals surface area contributed by atoms with Crippen LogP contribution in [0.15, 0.2) is 35.5 Å². The first-order valence-corrected chi connectivity index (χ1v) is 8.06. The van der Waals surface area contributed by atoms with E-state index in [0.717, 1.165) is 17.9 Å². The Morgan fingerprint density at radius 3 is 2.25 bits per heavy atom. The van der Waals surface area contributed by atoms with E-state index in [1.807, 2.05) is 6.92 Å². The Bertz CT molecular complexity index is 352. The molecular weight excluding hydrogens is 244 g/mol. The molecule has 0 aromatic rings. The minimum Gasteiger partial charge on any atom is -0.295 e. The summed E-state index contributed by atoms with van der Waals surface area (Å²) in [7, 11) is 0. The van der Waals surface area contributed by atoms with Gasteiger partial charge in [0.05, 0.1) is 0 Å². The number of rotatable bonds is 10. The summed E-state index contributed by atoms with van der Waals surface area (Å²) < 4.78 is 0. The average molecular weight is 276 g/mol. The summed E-state index contributed by atoms with van der Waals surface area (Å²) in [4.78, 5) is 11.0. The quantitative estimate of drug-likeness (QED) is 0.271. The Morgan fingerprint density at radius 1 is 1.10 bits per heavy atom. The topological polar surface area (TPSA) is 17.1 Å². The highest BCUT2D eigenvalue weighted by molar-refractivity contribution is 5.88. The molecule has 0 aromatic carbocycles. The zero-order valence-corrected chi connectivity index (χ0v) is 14.0. The zero-order chi connectivity index (χ0) is 15.4. The van der Waals surface area contributed by atoms with Crippen LogP contribution in [0.2, 0.25) is 0 Å². The molecular formula is C19H32O. The van der Waals surface area contributed by atoms with Crippen LogP contribution < -0.4 is 0 Å². The normalized spacial score (nSPS) is 13.6. The number of carbonyl (C=O) groups excluding carboxylic acids is 1. The van der Waals surface area contributed by atoms with Gasteiger partial charge in [0.25, 0.3) is 0 Å². The fraction of sp³-hybridized carbons (Fsp3) is 0.632. The fourth-order valence-electron chi connectivity index (χ4n) is 2.37. The van der Waals surface area contributed by atoms with Gasteiger partial charge in [0, 0.05) is 0 Å². The lowest BCUT2D eigenvalue weighted by molar-refractivity contribution is -0.112. The molecule has 0 aliphatic rings. The standard InChI is InChI=1S/C19H32O/c1-6-18(7-2)12-10-14-19(8-3)13-9-11-16(4)15-17(5)20/h9,11-12,15,19H,6-8,10,13-14H2,1-5H3. The molecule has 1 atom stereocenters. The summed E-state index contributed by atoms with van der Waals surface area (Å²) in [5.74, 6) is 0.874. The Balaban J connectivity index is 4.20. The number of carbonyl (C=O) groups is 1. The molecule has 0 bridgehead atoms. The van der Waals surface area contributed by atoms with Crippen LogP contribution in [0.5, 0.6) is 0 Å². The van der Waals surface area contributed by atoms with Crippen LogP contribution in [-0.2, 0) is 4.79 Å². The van der Waals surface area contributed by atoms with E-state index in [0.29, 0.717) is 0 Å². The first kappa shape index (κ1) is 18.9. The summed E-state index contributed by atoms with van der Waals surface area (Å²) in [5.41, 5.74) is 2.63. The van der Waals surface area contributed by atoms with Crippen LogP contribution in [0.3, 0.4) is 0 Å². The number of allylic oxidation sites excluding steroid dienone is 6. The first-order valence-electron chi connectivity index (χ1n) is 8.06. The van der Waals surface area contributed by atoms with Gasteiger partial charge in [-0.2, -0.15) is 0 Å². The molecule has 0 saturated heterocycles. The summed E-state index contributed by atoms with van der Waals surface area (Å²) in [6, 6.07) is 0. The van der Waals surface area contributed by atoms with Gasteiger partial charge < -0.3 is 0 Å². The maximum Gasteiger partial charge on any atom is 0.152 e. The molecule has 0 aliphatic heterocycles. The monoisotopic (exact) mass is 276 g/mol. The zero-order valence-electron chi connectivity index (χ0n) is 14.0. The Morgan fingerprint density at radius 2 is 1.75 bits per heavy atom. The van der Waals surface area contributed by atoms with E-state index in [9.17, 15) is 4.79 Å². The van der Waals surface area contributed by atoms with Gasteiger partial charge in [0.15, 0.2) is 5.78 Å². The Kier molecular flexibility index (Phi) is 11.0. The summed E-state index contributed by atoms with van der Waals surface area (Å²) >= 11 is 0. The molecule has 1 heteroatoms. The number of hydrogen-bond donors (Lipinski definition) is 0. The molecule has 20 heavy (non-hydrogen) atoms. The highest BCUT2D eigenvalue weighted by Crippen LogP contribution is 2.18. The van der Waals surface area contributed by atoms with Gasteiger partial charge in [-0.3, -0.25) is 4.79 Å². The molecule has 0 N–H and O–H groups in total. The van der Waals surface area contributed by atoms with Crippen LogP contribution in [0.1, 0.15) is 73.1 Å². The maximum atomic E-state index is 11.0.